The molecule has 0 atom stereocenters. The van der Waals surface area contributed by atoms with E-state index in [2.05, 4.69) is 48.4 Å². The molecule has 0 spiro atoms. The number of aryl methyl sites for hydroxylation is 1. The van der Waals surface area contributed by atoms with Crippen LogP contribution in [0.4, 0.5) is 5.69 Å². The molecule has 3 nitrogen and oxygen atoms in total. The third kappa shape index (κ3) is 4.91. The van der Waals surface area contributed by atoms with Gasteiger partial charge in [0.25, 0.3) is 0 Å². The molecule has 2 N–H and O–H groups in total. The SMILES string of the molecule is CCC/C(=N/C(=N)c1cccc(-c2ccccc2)c1)Nc1ccccc1C. The summed E-state index contributed by atoms with van der Waals surface area (Å²) in [5, 5.41) is 11.9. The fourth-order valence-corrected chi connectivity index (χ4v) is 2.93. The molecular formula is C24H25N3. The zero-order chi connectivity index (χ0) is 19.1. The van der Waals surface area contributed by atoms with Gasteiger partial charge in [0.05, 0.1) is 0 Å². The topological polar surface area (TPSA) is 48.2 Å². The number of nitrogens with zero attached hydrogens (tertiary/aromatic N) is 1. The summed E-state index contributed by atoms with van der Waals surface area (Å²) in [6.07, 6.45) is 1.77. The van der Waals surface area contributed by atoms with Crippen molar-refractivity contribution in [3.8, 4) is 11.1 Å². The van der Waals surface area contributed by atoms with Gasteiger partial charge in [-0.15, -0.1) is 0 Å². The van der Waals surface area contributed by atoms with E-state index < -0.39 is 0 Å². The minimum atomic E-state index is 0.275. The van der Waals surface area contributed by atoms with Crippen LogP contribution < -0.4 is 5.32 Å². The van der Waals surface area contributed by atoms with E-state index in [0.29, 0.717) is 0 Å². The predicted octanol–water partition coefficient (Wildman–Crippen LogP) is 6.30. The van der Waals surface area contributed by atoms with Gasteiger partial charge in [0, 0.05) is 17.7 Å². The highest BCUT2D eigenvalue weighted by Crippen LogP contribution is 2.21. The van der Waals surface area contributed by atoms with Gasteiger partial charge in [-0.2, -0.15) is 0 Å². The van der Waals surface area contributed by atoms with Crippen molar-refractivity contribution < 1.29 is 0 Å². The number of rotatable bonds is 5. The Morgan fingerprint density at radius 1 is 0.889 bits per heavy atom. The summed E-state index contributed by atoms with van der Waals surface area (Å²) in [4.78, 5) is 4.60. The normalized spacial score (nSPS) is 11.3. The number of benzene rings is 3. The van der Waals surface area contributed by atoms with Crippen LogP contribution in [0, 0.1) is 12.3 Å². The maximum Gasteiger partial charge on any atom is 0.153 e. The van der Waals surface area contributed by atoms with Crippen LogP contribution in [0.25, 0.3) is 11.1 Å². The molecule has 3 aromatic rings. The number of nitrogens with one attached hydrogen (secondary N) is 2. The Hall–Kier alpha value is -3.20. The summed E-state index contributed by atoms with van der Waals surface area (Å²) in [6, 6.07) is 26.4. The van der Waals surface area contributed by atoms with E-state index in [-0.39, 0.29) is 5.84 Å². The fraction of sp³-hybridized carbons (Fsp3) is 0.167. The van der Waals surface area contributed by atoms with Gasteiger partial charge in [-0.3, -0.25) is 5.41 Å². The van der Waals surface area contributed by atoms with Gasteiger partial charge < -0.3 is 5.32 Å². The molecule has 27 heavy (non-hydrogen) atoms. The zero-order valence-electron chi connectivity index (χ0n) is 15.9. The third-order valence-electron chi connectivity index (χ3n) is 4.40. The molecule has 0 saturated heterocycles. The van der Waals surface area contributed by atoms with Gasteiger partial charge in [0.2, 0.25) is 0 Å². The second-order valence-electron chi connectivity index (χ2n) is 6.54. The van der Waals surface area contributed by atoms with E-state index in [9.17, 15) is 0 Å². The van der Waals surface area contributed by atoms with Crippen LogP contribution in [-0.2, 0) is 0 Å². The number of anilines is 1. The maximum absolute atomic E-state index is 8.49. The van der Waals surface area contributed by atoms with Crippen molar-refractivity contribution in [3.63, 3.8) is 0 Å². The molecule has 3 rings (SSSR count). The fourth-order valence-electron chi connectivity index (χ4n) is 2.93. The van der Waals surface area contributed by atoms with Gasteiger partial charge in [-0.25, -0.2) is 4.99 Å². The Balaban J connectivity index is 1.85. The number of amidine groups is 2. The van der Waals surface area contributed by atoms with Crippen molar-refractivity contribution in [2.24, 2.45) is 4.99 Å². The van der Waals surface area contributed by atoms with Crippen molar-refractivity contribution in [3.05, 3.63) is 90.0 Å². The van der Waals surface area contributed by atoms with Gasteiger partial charge in [0.1, 0.15) is 5.84 Å². The Morgan fingerprint density at radius 3 is 2.33 bits per heavy atom. The minimum absolute atomic E-state index is 0.275. The number of hydrogen-bond acceptors (Lipinski definition) is 1. The van der Waals surface area contributed by atoms with Gasteiger partial charge in [-0.1, -0.05) is 73.7 Å². The Morgan fingerprint density at radius 2 is 1.59 bits per heavy atom. The van der Waals surface area contributed by atoms with Gasteiger partial charge in [0.15, 0.2) is 5.84 Å². The van der Waals surface area contributed by atoms with Crippen LogP contribution in [-0.4, -0.2) is 11.7 Å². The molecule has 0 aliphatic rings. The second kappa shape index (κ2) is 8.95. The number of para-hydroxylation sites is 1. The Kier molecular flexibility index (Phi) is 6.16. The summed E-state index contributed by atoms with van der Waals surface area (Å²) in [5.41, 5.74) is 5.26. The largest absolute Gasteiger partial charge is 0.343 e. The molecular weight excluding hydrogens is 330 g/mol. The molecule has 3 aromatic carbocycles. The van der Waals surface area contributed by atoms with Crippen LogP contribution in [0.3, 0.4) is 0 Å². The van der Waals surface area contributed by atoms with Crippen LogP contribution in [0.15, 0.2) is 83.9 Å². The molecule has 0 aromatic heterocycles. The van der Waals surface area contributed by atoms with Gasteiger partial charge >= 0.3 is 0 Å². The Bertz CT molecular complexity index is 943. The smallest absolute Gasteiger partial charge is 0.153 e. The highest BCUT2D eigenvalue weighted by molar-refractivity contribution is 6.09. The molecule has 0 amide bonds. The van der Waals surface area contributed by atoms with Crippen molar-refractivity contribution >= 4 is 17.4 Å². The Labute approximate surface area is 161 Å². The molecule has 0 saturated carbocycles. The molecule has 0 heterocycles. The van der Waals surface area contributed by atoms with Crippen molar-refractivity contribution in [1.29, 1.82) is 5.41 Å². The third-order valence-corrected chi connectivity index (χ3v) is 4.40. The van der Waals surface area contributed by atoms with E-state index >= 15 is 0 Å². The molecule has 0 fully saturated rings. The quantitative estimate of drug-likeness (QED) is 0.409. The molecule has 0 radical (unpaired) electrons. The summed E-state index contributed by atoms with van der Waals surface area (Å²) in [7, 11) is 0. The van der Waals surface area contributed by atoms with Crippen LogP contribution in [0.2, 0.25) is 0 Å². The van der Waals surface area contributed by atoms with E-state index in [4.69, 9.17) is 5.41 Å². The van der Waals surface area contributed by atoms with E-state index in [1.165, 1.54) is 5.56 Å². The lowest BCUT2D eigenvalue weighted by atomic mass is 10.0. The number of hydrogen-bond donors (Lipinski definition) is 2. The minimum Gasteiger partial charge on any atom is -0.343 e. The first kappa shape index (κ1) is 18.6. The lowest BCUT2D eigenvalue weighted by molar-refractivity contribution is 0.990. The maximum atomic E-state index is 8.49. The standard InChI is InChI=1S/C24H25N3/c1-3-10-23(26-22-16-8-7-11-18(22)2)27-24(25)21-15-9-14-20(17-21)19-12-5-4-6-13-19/h4-9,11-17H,3,10H2,1-2H3,(H2,25,26,27). The molecule has 0 bridgehead atoms. The zero-order valence-corrected chi connectivity index (χ0v) is 15.9. The van der Waals surface area contributed by atoms with Crippen LogP contribution >= 0.6 is 0 Å². The van der Waals surface area contributed by atoms with Gasteiger partial charge in [-0.05, 0) is 42.2 Å². The van der Waals surface area contributed by atoms with Crippen LogP contribution in [0.1, 0.15) is 30.9 Å². The second-order valence-corrected chi connectivity index (χ2v) is 6.54. The predicted molar refractivity (Wildman–Crippen MR) is 116 cm³/mol. The first-order valence-corrected chi connectivity index (χ1v) is 9.32. The first-order chi connectivity index (χ1) is 13.2. The van der Waals surface area contributed by atoms with E-state index in [1.807, 2.05) is 54.6 Å². The lowest BCUT2D eigenvalue weighted by Gasteiger charge is -2.12. The average Bonchev–Trinajstić information content (AvgIpc) is 2.70. The van der Waals surface area contributed by atoms with Crippen molar-refractivity contribution in [2.75, 3.05) is 5.32 Å². The molecule has 3 heteroatoms. The first-order valence-electron chi connectivity index (χ1n) is 9.32. The lowest BCUT2D eigenvalue weighted by Crippen LogP contribution is -2.15. The summed E-state index contributed by atoms with van der Waals surface area (Å²) < 4.78 is 0. The summed E-state index contributed by atoms with van der Waals surface area (Å²) in [5.74, 6) is 1.10. The molecule has 136 valence electrons. The molecule has 0 aliphatic heterocycles. The monoisotopic (exact) mass is 355 g/mol. The van der Waals surface area contributed by atoms with Crippen molar-refractivity contribution in [1.82, 2.24) is 0 Å². The summed E-state index contributed by atoms with van der Waals surface area (Å²) in [6.45, 7) is 4.19. The highest BCUT2D eigenvalue weighted by atomic mass is 15.0. The van der Waals surface area contributed by atoms with E-state index in [1.54, 1.807) is 0 Å². The van der Waals surface area contributed by atoms with E-state index in [0.717, 1.165) is 41.1 Å². The molecule has 0 aliphatic carbocycles. The van der Waals surface area contributed by atoms with Crippen molar-refractivity contribution in [2.45, 2.75) is 26.7 Å². The average molecular weight is 355 g/mol. The van der Waals surface area contributed by atoms with Crippen LogP contribution in [0.5, 0.6) is 0 Å². The molecule has 0 unspecified atom stereocenters. The highest BCUT2D eigenvalue weighted by Gasteiger charge is 2.07. The number of aliphatic imine (C=N–C) groups is 1. The summed E-state index contributed by atoms with van der Waals surface area (Å²) >= 11 is 0.